The summed E-state index contributed by atoms with van der Waals surface area (Å²) < 4.78 is 28.4. The van der Waals surface area contributed by atoms with Crippen molar-refractivity contribution in [2.45, 2.75) is 26.3 Å². The van der Waals surface area contributed by atoms with E-state index in [0.29, 0.717) is 30.6 Å². The second-order valence-corrected chi connectivity index (χ2v) is 7.23. The zero-order valence-corrected chi connectivity index (χ0v) is 12.5. The minimum absolute atomic E-state index is 0.297. The zero-order chi connectivity index (χ0) is 13.9. The van der Waals surface area contributed by atoms with Crippen molar-refractivity contribution >= 4 is 21.8 Å². The lowest BCUT2D eigenvalue weighted by Gasteiger charge is -2.29. The molecule has 6 heteroatoms. The van der Waals surface area contributed by atoms with E-state index in [0.717, 1.165) is 18.4 Å². The van der Waals surface area contributed by atoms with Gasteiger partial charge in [-0.2, -0.15) is 17.4 Å². The Kier molecular flexibility index (Phi) is 4.84. The van der Waals surface area contributed by atoms with E-state index >= 15 is 0 Å². The monoisotopic (exact) mass is 302 g/mol. The first-order valence-corrected chi connectivity index (χ1v) is 8.28. The summed E-state index contributed by atoms with van der Waals surface area (Å²) in [5.74, 6) is 0.614. The molecule has 1 aromatic carbocycles. The summed E-state index contributed by atoms with van der Waals surface area (Å²) in [6.07, 6.45) is 1.86. The van der Waals surface area contributed by atoms with E-state index in [1.807, 2.05) is 12.1 Å². The molecule has 2 rings (SSSR count). The Labute approximate surface area is 119 Å². The average molecular weight is 303 g/mol. The van der Waals surface area contributed by atoms with Gasteiger partial charge in [-0.15, -0.1) is 0 Å². The van der Waals surface area contributed by atoms with E-state index < -0.39 is 10.2 Å². The normalized spacial score (nSPS) is 18.6. The van der Waals surface area contributed by atoms with E-state index in [-0.39, 0.29) is 0 Å². The molecule has 1 aliphatic rings. The predicted octanol–water partition coefficient (Wildman–Crippen LogP) is 2.41. The largest absolute Gasteiger partial charge is 0.279 e. The molecule has 1 heterocycles. The van der Waals surface area contributed by atoms with E-state index in [1.54, 1.807) is 12.1 Å². The van der Waals surface area contributed by atoms with Gasteiger partial charge >= 0.3 is 0 Å². The molecule has 0 bridgehead atoms. The van der Waals surface area contributed by atoms with Gasteiger partial charge in [0.2, 0.25) is 0 Å². The average Bonchev–Trinajstić information content (AvgIpc) is 2.39. The number of hydrogen-bond donors (Lipinski definition) is 1. The maximum Gasteiger partial charge on any atom is 0.279 e. The lowest BCUT2D eigenvalue weighted by atomic mass is 10.0. The Bertz CT molecular complexity index is 508. The van der Waals surface area contributed by atoms with Crippen molar-refractivity contribution in [1.82, 2.24) is 9.03 Å². The maximum atomic E-state index is 12.1. The van der Waals surface area contributed by atoms with Crippen molar-refractivity contribution < 1.29 is 8.42 Å². The molecule has 0 unspecified atom stereocenters. The quantitative estimate of drug-likeness (QED) is 0.928. The van der Waals surface area contributed by atoms with Crippen molar-refractivity contribution in [2.24, 2.45) is 5.92 Å². The fourth-order valence-corrected chi connectivity index (χ4v) is 3.44. The number of piperidine rings is 1. The second-order valence-electron chi connectivity index (χ2n) is 5.03. The first-order chi connectivity index (χ1) is 8.97. The van der Waals surface area contributed by atoms with Crippen LogP contribution in [0, 0.1) is 5.92 Å². The highest BCUT2D eigenvalue weighted by atomic mass is 35.5. The summed E-state index contributed by atoms with van der Waals surface area (Å²) in [4.78, 5) is 0. The van der Waals surface area contributed by atoms with Gasteiger partial charge in [0.1, 0.15) is 0 Å². The number of hydrogen-bond acceptors (Lipinski definition) is 2. The number of benzene rings is 1. The van der Waals surface area contributed by atoms with Gasteiger partial charge in [-0.1, -0.05) is 30.7 Å². The van der Waals surface area contributed by atoms with Crippen molar-refractivity contribution in [3.8, 4) is 0 Å². The molecule has 1 N–H and O–H groups in total. The minimum atomic E-state index is -3.36. The van der Waals surface area contributed by atoms with Crippen LogP contribution in [0.5, 0.6) is 0 Å². The van der Waals surface area contributed by atoms with Crippen LogP contribution in [0.25, 0.3) is 0 Å². The molecule has 0 amide bonds. The van der Waals surface area contributed by atoms with E-state index in [2.05, 4.69) is 11.6 Å². The fraction of sp³-hybridized carbons (Fsp3) is 0.538. The van der Waals surface area contributed by atoms with Crippen molar-refractivity contribution in [1.29, 1.82) is 0 Å². The van der Waals surface area contributed by atoms with Crippen molar-refractivity contribution in [3.05, 3.63) is 34.9 Å². The van der Waals surface area contributed by atoms with Gasteiger partial charge < -0.3 is 0 Å². The molecule has 4 nitrogen and oxygen atoms in total. The molecule has 0 aromatic heterocycles. The summed E-state index contributed by atoms with van der Waals surface area (Å²) in [7, 11) is -3.36. The van der Waals surface area contributed by atoms with E-state index in [4.69, 9.17) is 11.6 Å². The van der Waals surface area contributed by atoms with E-state index in [9.17, 15) is 8.42 Å². The fourth-order valence-electron chi connectivity index (χ4n) is 2.09. The molecule has 1 aromatic rings. The molecule has 106 valence electrons. The molecule has 19 heavy (non-hydrogen) atoms. The highest BCUT2D eigenvalue weighted by molar-refractivity contribution is 7.87. The van der Waals surface area contributed by atoms with E-state index in [1.165, 1.54) is 4.31 Å². The first-order valence-electron chi connectivity index (χ1n) is 6.46. The van der Waals surface area contributed by atoms with Crippen LogP contribution in [0.2, 0.25) is 5.02 Å². The van der Waals surface area contributed by atoms with Gasteiger partial charge in [0.15, 0.2) is 0 Å². The molecule has 0 radical (unpaired) electrons. The number of nitrogens with one attached hydrogen (secondary N) is 1. The smallest absolute Gasteiger partial charge is 0.198 e. The van der Waals surface area contributed by atoms with Crippen LogP contribution in [0.1, 0.15) is 25.3 Å². The molecule has 0 spiro atoms. The number of rotatable bonds is 4. The molecular formula is C13H19ClN2O2S. The maximum absolute atomic E-state index is 12.1. The first kappa shape index (κ1) is 14.8. The third-order valence-corrected chi connectivity index (χ3v) is 5.26. The van der Waals surface area contributed by atoms with Crippen LogP contribution in [0.3, 0.4) is 0 Å². The minimum Gasteiger partial charge on any atom is -0.198 e. The van der Waals surface area contributed by atoms with Gasteiger partial charge in [-0.25, -0.2) is 0 Å². The molecule has 0 atom stereocenters. The van der Waals surface area contributed by atoms with Crippen LogP contribution >= 0.6 is 11.6 Å². The second kappa shape index (κ2) is 6.22. The summed E-state index contributed by atoms with van der Waals surface area (Å²) >= 11 is 5.79. The lowest BCUT2D eigenvalue weighted by molar-refractivity contribution is 0.285. The lowest BCUT2D eigenvalue weighted by Crippen LogP contribution is -2.44. The molecule has 1 fully saturated rings. The van der Waals surface area contributed by atoms with Gasteiger partial charge in [0.25, 0.3) is 10.2 Å². The Balaban J connectivity index is 1.92. The summed E-state index contributed by atoms with van der Waals surface area (Å²) in [5, 5.41) is 0.650. The molecule has 1 aliphatic heterocycles. The van der Waals surface area contributed by atoms with Crippen molar-refractivity contribution in [2.75, 3.05) is 13.1 Å². The Morgan fingerprint density at radius 2 is 1.84 bits per heavy atom. The number of halogens is 1. The van der Waals surface area contributed by atoms with Crippen LogP contribution < -0.4 is 4.72 Å². The Morgan fingerprint density at radius 1 is 1.26 bits per heavy atom. The highest BCUT2D eigenvalue weighted by Gasteiger charge is 2.25. The zero-order valence-electron chi connectivity index (χ0n) is 11.0. The Hall–Kier alpha value is -0.620. The topological polar surface area (TPSA) is 49.4 Å². The van der Waals surface area contributed by atoms with Crippen molar-refractivity contribution in [3.63, 3.8) is 0 Å². The third kappa shape index (κ3) is 4.18. The Morgan fingerprint density at radius 3 is 2.42 bits per heavy atom. The summed E-state index contributed by atoms with van der Waals surface area (Å²) in [6, 6.07) is 7.16. The highest BCUT2D eigenvalue weighted by Crippen LogP contribution is 2.18. The predicted molar refractivity (Wildman–Crippen MR) is 77.2 cm³/mol. The number of nitrogens with zero attached hydrogens (tertiary/aromatic N) is 1. The molecular weight excluding hydrogens is 284 g/mol. The van der Waals surface area contributed by atoms with Crippen LogP contribution in [-0.4, -0.2) is 25.8 Å². The molecule has 0 saturated carbocycles. The van der Waals surface area contributed by atoms with Gasteiger partial charge in [0, 0.05) is 24.7 Å². The van der Waals surface area contributed by atoms with Gasteiger partial charge in [-0.3, -0.25) is 0 Å². The van der Waals surface area contributed by atoms with Crippen LogP contribution in [-0.2, 0) is 16.8 Å². The van der Waals surface area contributed by atoms with Gasteiger partial charge in [0.05, 0.1) is 0 Å². The molecule has 0 aliphatic carbocycles. The standard InChI is InChI=1S/C13H19ClN2O2S/c1-11-6-8-16(9-7-11)19(17,18)15-10-12-2-4-13(14)5-3-12/h2-5,11,15H,6-10H2,1H3. The summed E-state index contributed by atoms with van der Waals surface area (Å²) in [5.41, 5.74) is 0.901. The van der Waals surface area contributed by atoms with Crippen LogP contribution in [0.4, 0.5) is 0 Å². The summed E-state index contributed by atoms with van der Waals surface area (Å²) in [6.45, 7) is 3.67. The third-order valence-electron chi connectivity index (χ3n) is 3.45. The van der Waals surface area contributed by atoms with Gasteiger partial charge in [-0.05, 0) is 36.5 Å². The molecule has 1 saturated heterocycles. The van der Waals surface area contributed by atoms with Crippen LogP contribution in [0.15, 0.2) is 24.3 Å². The SMILES string of the molecule is CC1CCN(S(=O)(=O)NCc2ccc(Cl)cc2)CC1.